The molecule has 2 fully saturated rings. The molecule has 21 heavy (non-hydrogen) atoms. The number of nitrogens with one attached hydrogen (secondary N) is 1. The molecule has 2 bridgehead atoms. The smallest absolute Gasteiger partial charge is 0.380 e. The van der Waals surface area contributed by atoms with Crippen LogP contribution in [0, 0.1) is 10.1 Å². The lowest BCUT2D eigenvalue weighted by Gasteiger charge is -2.21. The SMILES string of the molecule is O=[N+]([O-])c1ccc(NC2CC3CCC2O3)cc1C(F)(F)F. The van der Waals surface area contributed by atoms with Gasteiger partial charge in [0.25, 0.3) is 5.69 Å². The largest absolute Gasteiger partial charge is 0.423 e. The van der Waals surface area contributed by atoms with Crippen molar-refractivity contribution in [1.29, 1.82) is 0 Å². The molecule has 3 rings (SSSR count). The summed E-state index contributed by atoms with van der Waals surface area (Å²) in [6.07, 6.45) is -1.95. The molecule has 0 aromatic heterocycles. The van der Waals surface area contributed by atoms with Gasteiger partial charge in [-0.25, -0.2) is 0 Å². The van der Waals surface area contributed by atoms with Crippen molar-refractivity contribution in [3.63, 3.8) is 0 Å². The Labute approximate surface area is 118 Å². The molecule has 2 saturated heterocycles. The summed E-state index contributed by atoms with van der Waals surface area (Å²) in [4.78, 5) is 9.67. The molecule has 0 amide bonds. The molecule has 1 N–H and O–H groups in total. The summed E-state index contributed by atoms with van der Waals surface area (Å²) in [6, 6.07) is 2.95. The number of nitro groups is 1. The van der Waals surface area contributed by atoms with Crippen molar-refractivity contribution in [3.05, 3.63) is 33.9 Å². The molecule has 1 aromatic carbocycles. The van der Waals surface area contributed by atoms with Gasteiger partial charge in [-0.2, -0.15) is 13.2 Å². The minimum atomic E-state index is -4.76. The number of nitro benzene ring substituents is 1. The van der Waals surface area contributed by atoms with Crippen LogP contribution >= 0.6 is 0 Å². The number of hydrogen-bond donors (Lipinski definition) is 1. The average Bonchev–Trinajstić information content (AvgIpc) is 2.99. The highest BCUT2D eigenvalue weighted by molar-refractivity contribution is 5.55. The van der Waals surface area contributed by atoms with Crippen LogP contribution in [0.1, 0.15) is 24.8 Å². The Morgan fingerprint density at radius 3 is 2.62 bits per heavy atom. The van der Waals surface area contributed by atoms with Gasteiger partial charge in [0.05, 0.1) is 23.2 Å². The molecule has 2 aliphatic rings. The van der Waals surface area contributed by atoms with Crippen LogP contribution < -0.4 is 5.32 Å². The van der Waals surface area contributed by atoms with E-state index >= 15 is 0 Å². The van der Waals surface area contributed by atoms with Crippen molar-refractivity contribution in [2.75, 3.05) is 5.32 Å². The molecule has 3 atom stereocenters. The van der Waals surface area contributed by atoms with E-state index in [1.807, 2.05) is 0 Å². The topological polar surface area (TPSA) is 64.4 Å². The van der Waals surface area contributed by atoms with E-state index in [0.29, 0.717) is 0 Å². The lowest BCUT2D eigenvalue weighted by atomic mass is 9.95. The Kier molecular flexibility index (Phi) is 3.27. The van der Waals surface area contributed by atoms with Crippen LogP contribution in [0.3, 0.4) is 0 Å². The standard InChI is InChI=1S/C13H13F3N2O3/c14-13(15,16)9-5-7(1-3-11(9)18(19)20)17-10-6-8-2-4-12(10)21-8/h1,3,5,8,10,12,17H,2,4,6H2. The van der Waals surface area contributed by atoms with Crippen LogP contribution in [-0.4, -0.2) is 23.2 Å². The van der Waals surface area contributed by atoms with Gasteiger partial charge >= 0.3 is 6.18 Å². The van der Waals surface area contributed by atoms with Crippen molar-refractivity contribution in [3.8, 4) is 0 Å². The zero-order valence-electron chi connectivity index (χ0n) is 10.9. The third-order valence-corrected chi connectivity index (χ3v) is 3.96. The van der Waals surface area contributed by atoms with E-state index in [4.69, 9.17) is 4.74 Å². The van der Waals surface area contributed by atoms with Crippen LogP contribution in [0.15, 0.2) is 18.2 Å². The maximum atomic E-state index is 12.9. The number of nitrogens with zero attached hydrogens (tertiary/aromatic N) is 1. The molecule has 8 heteroatoms. The van der Waals surface area contributed by atoms with Gasteiger partial charge in [-0.05, 0) is 31.4 Å². The molecule has 0 aliphatic carbocycles. The van der Waals surface area contributed by atoms with Gasteiger partial charge in [0.15, 0.2) is 0 Å². The number of benzene rings is 1. The summed E-state index contributed by atoms with van der Waals surface area (Å²) in [5, 5.41) is 13.7. The Balaban J connectivity index is 1.85. The van der Waals surface area contributed by atoms with Crippen molar-refractivity contribution >= 4 is 11.4 Å². The van der Waals surface area contributed by atoms with Crippen molar-refractivity contribution < 1.29 is 22.8 Å². The van der Waals surface area contributed by atoms with Crippen LogP contribution in [-0.2, 0) is 10.9 Å². The third kappa shape index (κ3) is 2.67. The first kappa shape index (κ1) is 14.1. The first-order valence-corrected chi connectivity index (χ1v) is 6.62. The zero-order valence-corrected chi connectivity index (χ0v) is 10.9. The number of ether oxygens (including phenoxy) is 1. The Morgan fingerprint density at radius 2 is 2.10 bits per heavy atom. The minimum Gasteiger partial charge on any atom is -0.380 e. The average molecular weight is 302 g/mol. The van der Waals surface area contributed by atoms with Gasteiger partial charge < -0.3 is 10.1 Å². The second-order valence-corrected chi connectivity index (χ2v) is 5.35. The highest BCUT2D eigenvalue weighted by atomic mass is 19.4. The fourth-order valence-electron chi connectivity index (χ4n) is 3.02. The van der Waals surface area contributed by atoms with Crippen molar-refractivity contribution in [2.45, 2.75) is 43.7 Å². The predicted molar refractivity (Wildman–Crippen MR) is 68.0 cm³/mol. The fourth-order valence-corrected chi connectivity index (χ4v) is 3.02. The van der Waals surface area contributed by atoms with E-state index in [2.05, 4.69) is 5.32 Å². The molecule has 5 nitrogen and oxygen atoms in total. The van der Waals surface area contributed by atoms with Crippen LogP contribution in [0.5, 0.6) is 0 Å². The molecule has 0 spiro atoms. The molecular formula is C13H13F3N2O3. The highest BCUT2D eigenvalue weighted by Gasteiger charge is 2.42. The van der Waals surface area contributed by atoms with Crippen LogP contribution in [0.25, 0.3) is 0 Å². The normalized spacial score (nSPS) is 27.9. The van der Waals surface area contributed by atoms with Gasteiger partial charge in [-0.15, -0.1) is 0 Å². The Hall–Kier alpha value is -1.83. The molecule has 1 aromatic rings. The first-order valence-electron chi connectivity index (χ1n) is 6.62. The Morgan fingerprint density at radius 1 is 1.33 bits per heavy atom. The summed E-state index contributed by atoms with van der Waals surface area (Å²) in [5.74, 6) is 0. The molecule has 0 saturated carbocycles. The quantitative estimate of drug-likeness (QED) is 0.687. The summed E-state index contributed by atoms with van der Waals surface area (Å²) >= 11 is 0. The second-order valence-electron chi connectivity index (χ2n) is 5.35. The van der Waals surface area contributed by atoms with Crippen molar-refractivity contribution in [1.82, 2.24) is 0 Å². The van der Waals surface area contributed by atoms with E-state index in [1.54, 1.807) is 0 Å². The van der Waals surface area contributed by atoms with Gasteiger partial charge in [-0.1, -0.05) is 0 Å². The molecule has 114 valence electrons. The zero-order chi connectivity index (χ0) is 15.2. The number of anilines is 1. The molecule has 2 heterocycles. The summed E-state index contributed by atoms with van der Waals surface area (Å²) < 4.78 is 44.3. The van der Waals surface area contributed by atoms with Gasteiger partial charge in [-0.3, -0.25) is 10.1 Å². The van der Waals surface area contributed by atoms with E-state index in [0.717, 1.165) is 31.4 Å². The Bertz CT molecular complexity index is 576. The van der Waals surface area contributed by atoms with Crippen molar-refractivity contribution in [2.24, 2.45) is 0 Å². The molecule has 2 aliphatic heterocycles. The summed E-state index contributed by atoms with van der Waals surface area (Å²) in [5.41, 5.74) is -1.94. The maximum absolute atomic E-state index is 12.9. The lowest BCUT2D eigenvalue weighted by Crippen LogP contribution is -2.30. The first-order chi connectivity index (χ1) is 9.84. The molecule has 3 unspecified atom stereocenters. The number of alkyl halides is 3. The number of hydrogen-bond acceptors (Lipinski definition) is 4. The van der Waals surface area contributed by atoms with Gasteiger partial charge in [0.1, 0.15) is 5.56 Å². The summed E-state index contributed by atoms with van der Waals surface area (Å²) in [6.45, 7) is 0. The fraction of sp³-hybridized carbons (Fsp3) is 0.538. The van der Waals surface area contributed by atoms with E-state index in [9.17, 15) is 23.3 Å². The molecule has 0 radical (unpaired) electrons. The minimum absolute atomic E-state index is 0.0135. The van der Waals surface area contributed by atoms with E-state index in [1.165, 1.54) is 6.07 Å². The number of rotatable bonds is 3. The predicted octanol–water partition coefficient (Wildman–Crippen LogP) is 3.35. The van der Waals surface area contributed by atoms with Crippen LogP contribution in [0.2, 0.25) is 0 Å². The van der Waals surface area contributed by atoms with Gasteiger partial charge in [0, 0.05) is 11.8 Å². The third-order valence-electron chi connectivity index (χ3n) is 3.96. The lowest BCUT2D eigenvalue weighted by molar-refractivity contribution is -0.388. The number of halogens is 3. The maximum Gasteiger partial charge on any atom is 0.423 e. The number of fused-ring (bicyclic) bond motifs is 2. The summed E-state index contributed by atoms with van der Waals surface area (Å²) in [7, 11) is 0. The van der Waals surface area contributed by atoms with E-state index in [-0.39, 0.29) is 23.9 Å². The van der Waals surface area contributed by atoms with Crippen LogP contribution in [0.4, 0.5) is 24.5 Å². The second kappa shape index (κ2) is 4.87. The molecular weight excluding hydrogens is 289 g/mol. The van der Waals surface area contributed by atoms with Gasteiger partial charge in [0.2, 0.25) is 0 Å². The monoisotopic (exact) mass is 302 g/mol. The highest BCUT2D eigenvalue weighted by Crippen LogP contribution is 2.39. The van der Waals surface area contributed by atoms with E-state index < -0.39 is 22.4 Å².